The number of rotatable bonds is 3. The zero-order valence-electron chi connectivity index (χ0n) is 9.30. The first-order chi connectivity index (χ1) is 7.90. The summed E-state index contributed by atoms with van der Waals surface area (Å²) in [6.45, 7) is 3.64. The Balaban J connectivity index is 2.03. The Morgan fingerprint density at radius 3 is 2.50 bits per heavy atom. The summed E-state index contributed by atoms with van der Waals surface area (Å²) in [6.07, 6.45) is 3.66. The predicted molar refractivity (Wildman–Crippen MR) is 65.6 cm³/mol. The fourth-order valence-electron chi connectivity index (χ4n) is 1.81. The van der Waals surface area contributed by atoms with Gasteiger partial charge in [0.05, 0.1) is 19.8 Å². The summed E-state index contributed by atoms with van der Waals surface area (Å²) >= 11 is 0. The molecule has 1 aliphatic heterocycles. The number of anilines is 1. The van der Waals surface area contributed by atoms with Crippen molar-refractivity contribution in [2.75, 3.05) is 37.8 Å². The number of aliphatic hydroxyl groups excluding tert-OH is 1. The van der Waals surface area contributed by atoms with E-state index in [0.717, 1.165) is 31.9 Å². The molecule has 0 radical (unpaired) electrons. The normalized spacial score (nSPS) is 16.9. The zero-order valence-corrected chi connectivity index (χ0v) is 9.30. The molecule has 1 saturated heterocycles. The van der Waals surface area contributed by atoms with Crippen molar-refractivity contribution < 1.29 is 9.84 Å². The van der Waals surface area contributed by atoms with Crippen LogP contribution in [0, 0.1) is 0 Å². The molecule has 3 nitrogen and oxygen atoms in total. The SMILES string of the molecule is OCC=Cc1ccc(N2CCOCC2)cc1. The summed E-state index contributed by atoms with van der Waals surface area (Å²) in [4.78, 5) is 2.32. The van der Waals surface area contributed by atoms with Crippen LogP contribution in [0.25, 0.3) is 6.08 Å². The van der Waals surface area contributed by atoms with Gasteiger partial charge < -0.3 is 14.7 Å². The molecule has 0 aliphatic carbocycles. The molecule has 0 aromatic heterocycles. The summed E-state index contributed by atoms with van der Waals surface area (Å²) in [5.41, 5.74) is 2.36. The highest BCUT2D eigenvalue weighted by molar-refractivity contribution is 5.56. The van der Waals surface area contributed by atoms with Gasteiger partial charge in [0.2, 0.25) is 0 Å². The molecule has 0 spiro atoms. The van der Waals surface area contributed by atoms with Gasteiger partial charge in [-0.2, -0.15) is 0 Å². The lowest BCUT2D eigenvalue weighted by molar-refractivity contribution is 0.122. The van der Waals surface area contributed by atoms with Gasteiger partial charge in [-0.1, -0.05) is 24.3 Å². The molecule has 0 atom stereocenters. The van der Waals surface area contributed by atoms with E-state index in [1.165, 1.54) is 5.69 Å². The van der Waals surface area contributed by atoms with E-state index in [1.54, 1.807) is 6.08 Å². The molecule has 1 heterocycles. The lowest BCUT2D eigenvalue weighted by atomic mass is 10.2. The van der Waals surface area contributed by atoms with Gasteiger partial charge in [-0.25, -0.2) is 0 Å². The second kappa shape index (κ2) is 5.68. The van der Waals surface area contributed by atoms with Gasteiger partial charge in [0.25, 0.3) is 0 Å². The maximum Gasteiger partial charge on any atom is 0.0642 e. The molecule has 1 aromatic rings. The van der Waals surface area contributed by atoms with Crippen molar-refractivity contribution in [3.63, 3.8) is 0 Å². The van der Waals surface area contributed by atoms with E-state index in [1.807, 2.05) is 6.08 Å². The maximum atomic E-state index is 8.68. The van der Waals surface area contributed by atoms with Crippen LogP contribution >= 0.6 is 0 Å². The Hall–Kier alpha value is -1.32. The molecule has 2 rings (SSSR count). The number of morpholine rings is 1. The lowest BCUT2D eigenvalue weighted by Crippen LogP contribution is -2.36. The molecule has 1 aromatic carbocycles. The summed E-state index contributed by atoms with van der Waals surface area (Å²) < 4.78 is 5.32. The van der Waals surface area contributed by atoms with Crippen LogP contribution in [0.2, 0.25) is 0 Å². The molecule has 3 heteroatoms. The van der Waals surface area contributed by atoms with Gasteiger partial charge in [-0.3, -0.25) is 0 Å². The van der Waals surface area contributed by atoms with Gasteiger partial charge in [-0.05, 0) is 17.7 Å². The Kier molecular flexibility index (Phi) is 3.97. The van der Waals surface area contributed by atoms with Crippen LogP contribution in [0.5, 0.6) is 0 Å². The van der Waals surface area contributed by atoms with Gasteiger partial charge in [0.15, 0.2) is 0 Å². The molecular formula is C13H17NO2. The quantitative estimate of drug-likeness (QED) is 0.836. The van der Waals surface area contributed by atoms with Gasteiger partial charge >= 0.3 is 0 Å². The summed E-state index contributed by atoms with van der Waals surface area (Å²) in [5.74, 6) is 0. The monoisotopic (exact) mass is 219 g/mol. The minimum Gasteiger partial charge on any atom is -0.392 e. The van der Waals surface area contributed by atoms with E-state index in [0.29, 0.717) is 0 Å². The van der Waals surface area contributed by atoms with Crippen molar-refractivity contribution in [2.45, 2.75) is 0 Å². The number of nitrogens with zero attached hydrogens (tertiary/aromatic N) is 1. The minimum absolute atomic E-state index is 0.0885. The molecule has 1 N–H and O–H groups in total. The van der Waals surface area contributed by atoms with Crippen LogP contribution in [-0.2, 0) is 4.74 Å². The van der Waals surface area contributed by atoms with E-state index in [4.69, 9.17) is 9.84 Å². The molecule has 0 saturated carbocycles. The van der Waals surface area contributed by atoms with Crippen molar-refractivity contribution in [1.29, 1.82) is 0 Å². The predicted octanol–water partition coefficient (Wildman–Crippen LogP) is 1.53. The van der Waals surface area contributed by atoms with E-state index in [-0.39, 0.29) is 6.61 Å². The third kappa shape index (κ3) is 2.84. The highest BCUT2D eigenvalue weighted by atomic mass is 16.5. The highest BCUT2D eigenvalue weighted by Crippen LogP contribution is 2.17. The van der Waals surface area contributed by atoms with Crippen molar-refractivity contribution in [1.82, 2.24) is 0 Å². The van der Waals surface area contributed by atoms with Crippen LogP contribution in [0.1, 0.15) is 5.56 Å². The Labute approximate surface area is 96.0 Å². The van der Waals surface area contributed by atoms with E-state index in [2.05, 4.69) is 29.2 Å². The van der Waals surface area contributed by atoms with Crippen molar-refractivity contribution in [3.8, 4) is 0 Å². The van der Waals surface area contributed by atoms with E-state index in [9.17, 15) is 0 Å². The third-order valence-corrected chi connectivity index (χ3v) is 2.69. The van der Waals surface area contributed by atoms with Crippen LogP contribution in [-0.4, -0.2) is 38.0 Å². The van der Waals surface area contributed by atoms with Crippen LogP contribution in [0.4, 0.5) is 5.69 Å². The van der Waals surface area contributed by atoms with Crippen LogP contribution in [0.15, 0.2) is 30.3 Å². The first kappa shape index (κ1) is 11.2. The molecular weight excluding hydrogens is 202 g/mol. The highest BCUT2D eigenvalue weighted by Gasteiger charge is 2.10. The average molecular weight is 219 g/mol. The average Bonchev–Trinajstić information content (AvgIpc) is 2.38. The molecule has 16 heavy (non-hydrogen) atoms. The van der Waals surface area contributed by atoms with Gasteiger partial charge in [-0.15, -0.1) is 0 Å². The number of ether oxygens (including phenoxy) is 1. The number of hydrogen-bond donors (Lipinski definition) is 1. The molecule has 1 aliphatic rings. The standard InChI is InChI=1S/C13H17NO2/c15-9-1-2-12-3-5-13(6-4-12)14-7-10-16-11-8-14/h1-6,15H,7-11H2. The first-order valence-corrected chi connectivity index (χ1v) is 5.60. The number of aliphatic hydroxyl groups is 1. The fraction of sp³-hybridized carbons (Fsp3) is 0.385. The third-order valence-electron chi connectivity index (χ3n) is 2.69. The minimum atomic E-state index is 0.0885. The Morgan fingerprint density at radius 1 is 1.19 bits per heavy atom. The first-order valence-electron chi connectivity index (χ1n) is 5.60. The van der Waals surface area contributed by atoms with Crippen molar-refractivity contribution in [2.24, 2.45) is 0 Å². The zero-order chi connectivity index (χ0) is 11.2. The summed E-state index contributed by atoms with van der Waals surface area (Å²) in [6, 6.07) is 8.36. The Bertz CT molecular complexity index is 339. The molecule has 0 unspecified atom stereocenters. The molecule has 0 bridgehead atoms. The summed E-state index contributed by atoms with van der Waals surface area (Å²) in [7, 11) is 0. The maximum absolute atomic E-state index is 8.68. The smallest absolute Gasteiger partial charge is 0.0642 e. The molecule has 0 amide bonds. The second-order valence-electron chi connectivity index (χ2n) is 3.78. The lowest BCUT2D eigenvalue weighted by Gasteiger charge is -2.28. The number of hydrogen-bond acceptors (Lipinski definition) is 3. The largest absolute Gasteiger partial charge is 0.392 e. The van der Waals surface area contributed by atoms with E-state index >= 15 is 0 Å². The molecule has 86 valence electrons. The fourth-order valence-corrected chi connectivity index (χ4v) is 1.81. The van der Waals surface area contributed by atoms with Gasteiger partial charge in [0.1, 0.15) is 0 Å². The van der Waals surface area contributed by atoms with Crippen molar-refractivity contribution in [3.05, 3.63) is 35.9 Å². The van der Waals surface area contributed by atoms with Crippen LogP contribution in [0.3, 0.4) is 0 Å². The topological polar surface area (TPSA) is 32.7 Å². The second-order valence-corrected chi connectivity index (χ2v) is 3.78. The summed E-state index contributed by atoms with van der Waals surface area (Å²) in [5, 5.41) is 8.68. The van der Waals surface area contributed by atoms with E-state index < -0.39 is 0 Å². The molecule has 1 fully saturated rings. The number of benzene rings is 1. The van der Waals surface area contributed by atoms with Crippen LogP contribution < -0.4 is 4.90 Å². The van der Waals surface area contributed by atoms with Crippen molar-refractivity contribution >= 4 is 11.8 Å². The Morgan fingerprint density at radius 2 is 1.88 bits per heavy atom. The van der Waals surface area contributed by atoms with Gasteiger partial charge in [0, 0.05) is 18.8 Å².